The van der Waals surface area contributed by atoms with E-state index in [1.807, 2.05) is 44.2 Å². The average Bonchev–Trinajstić information content (AvgIpc) is 3.19. The Labute approximate surface area is 181 Å². The van der Waals surface area contributed by atoms with E-state index in [0.29, 0.717) is 22.3 Å². The molecule has 0 nitrogen and oxygen atoms in total. The van der Waals surface area contributed by atoms with Crippen LogP contribution < -0.4 is 0 Å². The molecule has 4 aromatic carbocycles. The third kappa shape index (κ3) is 2.31. The molecule has 0 aromatic heterocycles. The summed E-state index contributed by atoms with van der Waals surface area (Å²) in [6.45, 7) is 4.00. The van der Waals surface area contributed by atoms with E-state index < -0.39 is 65.8 Å². The van der Waals surface area contributed by atoms with Gasteiger partial charge in [0.05, 0.1) is 19.1 Å². The molecule has 1 aliphatic rings. The molecule has 136 valence electrons. The lowest BCUT2D eigenvalue weighted by molar-refractivity contribution is 0.762. The molecule has 0 aliphatic heterocycles. The molecule has 5 rings (SSSR count). The molecular formula is C28H24. The Morgan fingerprint density at radius 1 is 0.679 bits per heavy atom. The van der Waals surface area contributed by atoms with E-state index in [4.69, 9.17) is 13.7 Å². The molecule has 0 N–H and O–H groups in total. The van der Waals surface area contributed by atoms with Crippen LogP contribution in [0.4, 0.5) is 0 Å². The highest BCUT2D eigenvalue weighted by atomic mass is 14.5. The van der Waals surface area contributed by atoms with Crippen molar-refractivity contribution in [3.05, 3.63) is 131 Å². The maximum absolute atomic E-state index is 8.96. The zero-order chi connectivity index (χ0) is 27.8. The van der Waals surface area contributed by atoms with Crippen molar-refractivity contribution in [2.24, 2.45) is 0 Å². The fraction of sp³-hybridized carbons (Fsp3) is 0.143. The molecule has 0 unspecified atom stereocenters. The van der Waals surface area contributed by atoms with Crippen molar-refractivity contribution in [2.45, 2.75) is 25.2 Å². The van der Waals surface area contributed by atoms with Gasteiger partial charge in [0, 0.05) is 0 Å². The van der Waals surface area contributed by atoms with Crippen LogP contribution in [-0.4, -0.2) is 0 Å². The molecule has 0 fully saturated rings. The van der Waals surface area contributed by atoms with E-state index >= 15 is 0 Å². The van der Waals surface area contributed by atoms with E-state index in [2.05, 4.69) is 0 Å². The Morgan fingerprint density at radius 2 is 1.25 bits per heavy atom. The van der Waals surface area contributed by atoms with E-state index in [1.54, 1.807) is 12.1 Å². The topological polar surface area (TPSA) is 0 Å². The quantitative estimate of drug-likeness (QED) is 0.316. The summed E-state index contributed by atoms with van der Waals surface area (Å²) in [5, 5.41) is 0. The first-order valence-corrected chi connectivity index (χ1v) is 9.26. The molecular weight excluding hydrogens is 336 g/mol. The Morgan fingerprint density at radius 3 is 1.86 bits per heavy atom. The van der Waals surface area contributed by atoms with Crippen LogP contribution in [0.3, 0.4) is 0 Å². The summed E-state index contributed by atoms with van der Waals surface area (Å²) in [5.74, 6) is 0.0711. The monoisotopic (exact) mass is 370 g/mol. The summed E-state index contributed by atoms with van der Waals surface area (Å²) in [4.78, 5) is 0. The molecule has 0 heterocycles. The molecule has 0 saturated carbocycles. The van der Waals surface area contributed by atoms with E-state index in [1.165, 1.54) is 0 Å². The van der Waals surface area contributed by atoms with Gasteiger partial charge in [-0.2, -0.15) is 0 Å². The lowest BCUT2D eigenvalue weighted by atomic mass is 9.67. The van der Waals surface area contributed by atoms with Crippen molar-refractivity contribution in [1.29, 1.82) is 0 Å². The van der Waals surface area contributed by atoms with Crippen LogP contribution in [0.5, 0.6) is 0 Å². The molecule has 0 saturated heterocycles. The summed E-state index contributed by atoms with van der Waals surface area (Å²) in [6.07, 6.45) is 0. The minimum Gasteiger partial charge on any atom is -0.0622 e. The van der Waals surface area contributed by atoms with E-state index in [-0.39, 0.29) is 17.0 Å². The number of rotatable bonds is 3. The van der Waals surface area contributed by atoms with Crippen LogP contribution in [0.1, 0.15) is 61.3 Å². The second-order valence-corrected chi connectivity index (χ2v) is 7.26. The van der Waals surface area contributed by atoms with Crippen molar-refractivity contribution in [3.63, 3.8) is 0 Å². The molecule has 0 amide bonds. The van der Waals surface area contributed by atoms with Crippen molar-refractivity contribution < 1.29 is 13.7 Å². The first-order chi connectivity index (χ1) is 17.9. The van der Waals surface area contributed by atoms with E-state index in [0.717, 1.165) is 5.56 Å². The zero-order valence-electron chi connectivity index (χ0n) is 25.6. The van der Waals surface area contributed by atoms with Gasteiger partial charge in [0.2, 0.25) is 0 Å². The van der Waals surface area contributed by atoms with Crippen LogP contribution in [0, 0.1) is 0 Å². The number of hydrogen-bond donors (Lipinski definition) is 0. The third-order valence-electron chi connectivity index (χ3n) is 5.49. The molecule has 1 aliphatic carbocycles. The van der Waals surface area contributed by atoms with Gasteiger partial charge in [0.25, 0.3) is 0 Å². The summed E-state index contributed by atoms with van der Waals surface area (Å²) < 4.78 is 86.0. The van der Waals surface area contributed by atoms with Gasteiger partial charge in [-0.15, -0.1) is 0 Å². The van der Waals surface area contributed by atoms with Gasteiger partial charge < -0.3 is 0 Å². The Hall–Kier alpha value is -3.12. The standard InChI is InChI=1S/C28H24/c1-20(2)21-17-18-25-24-15-9-10-16-26(24)28(27(25)19-21,22-11-5-3-6-12-22)23-13-7-4-8-14-23/h3-20H,1-2H3/i3D,4D,5D,6D,7D,8D,11D,12D,13D,14D. The van der Waals surface area contributed by atoms with Crippen LogP contribution in [0.15, 0.2) is 103 Å². The number of fused-ring (bicyclic) bond motifs is 3. The maximum atomic E-state index is 8.96. The van der Waals surface area contributed by atoms with Crippen molar-refractivity contribution in [1.82, 2.24) is 0 Å². The second kappa shape index (κ2) is 6.49. The smallest absolute Gasteiger partial charge is 0.0622 e. The second-order valence-electron chi connectivity index (χ2n) is 7.26. The fourth-order valence-electron chi connectivity index (χ4n) is 4.19. The minimum atomic E-state index is -1.77. The van der Waals surface area contributed by atoms with Crippen molar-refractivity contribution in [3.8, 4) is 11.1 Å². The molecule has 0 atom stereocenters. The lowest BCUT2D eigenvalue weighted by Gasteiger charge is -2.34. The average molecular weight is 371 g/mol. The largest absolute Gasteiger partial charge is 0.0713 e. The van der Waals surface area contributed by atoms with Gasteiger partial charge in [-0.3, -0.25) is 0 Å². The van der Waals surface area contributed by atoms with Gasteiger partial charge in [0.15, 0.2) is 0 Å². The highest BCUT2D eigenvalue weighted by Crippen LogP contribution is 2.56. The highest BCUT2D eigenvalue weighted by molar-refractivity contribution is 5.86. The predicted octanol–water partition coefficient (Wildman–Crippen LogP) is 7.17. The summed E-state index contributed by atoms with van der Waals surface area (Å²) >= 11 is 0. The molecule has 0 bridgehead atoms. The lowest BCUT2D eigenvalue weighted by Crippen LogP contribution is -2.28. The first kappa shape index (κ1) is 9.39. The third-order valence-corrected chi connectivity index (χ3v) is 5.49. The summed E-state index contributed by atoms with van der Waals surface area (Å²) in [5.41, 5.74) is 1.27. The van der Waals surface area contributed by atoms with Gasteiger partial charge in [-0.25, -0.2) is 0 Å². The number of hydrogen-bond acceptors (Lipinski definition) is 0. The molecule has 0 radical (unpaired) electrons. The highest BCUT2D eigenvalue weighted by Gasteiger charge is 2.45. The minimum absolute atomic E-state index is 0.0711. The molecule has 0 spiro atoms. The zero-order valence-corrected chi connectivity index (χ0v) is 15.6. The number of benzene rings is 4. The van der Waals surface area contributed by atoms with E-state index in [9.17, 15) is 0 Å². The maximum Gasteiger partial charge on any atom is 0.0713 e. The van der Waals surface area contributed by atoms with Crippen LogP contribution >= 0.6 is 0 Å². The van der Waals surface area contributed by atoms with Gasteiger partial charge in [-0.1, -0.05) is 117 Å². The van der Waals surface area contributed by atoms with Gasteiger partial charge >= 0.3 is 0 Å². The first-order valence-electron chi connectivity index (χ1n) is 14.3. The normalized spacial score (nSPS) is 19.0. The molecule has 4 aromatic rings. The molecule has 28 heavy (non-hydrogen) atoms. The van der Waals surface area contributed by atoms with Crippen molar-refractivity contribution >= 4 is 0 Å². The summed E-state index contributed by atoms with van der Waals surface area (Å²) in [6, 6.07) is 7.58. The summed E-state index contributed by atoms with van der Waals surface area (Å²) in [7, 11) is 0. The van der Waals surface area contributed by atoms with Crippen LogP contribution in [0.25, 0.3) is 11.1 Å². The Bertz CT molecular complexity index is 1530. The van der Waals surface area contributed by atoms with Gasteiger partial charge in [0.1, 0.15) is 0 Å². The Kier molecular flexibility index (Phi) is 2.18. The van der Waals surface area contributed by atoms with Crippen LogP contribution in [0.2, 0.25) is 0 Å². The SMILES string of the molecule is [2H]c1c([2H])c([2H])c(C2(c3c([2H])c([2H])c([2H])c([2H])c3[2H])c3ccccc3-c3ccc(C(C)C)cc32)c([2H])c1[2H]. The van der Waals surface area contributed by atoms with Gasteiger partial charge in [-0.05, 0) is 44.9 Å². The van der Waals surface area contributed by atoms with Crippen LogP contribution in [-0.2, 0) is 5.41 Å². The predicted molar refractivity (Wildman–Crippen MR) is 118 cm³/mol. The van der Waals surface area contributed by atoms with Crippen molar-refractivity contribution in [2.75, 3.05) is 0 Å². The molecule has 0 heteroatoms. The fourth-order valence-corrected chi connectivity index (χ4v) is 4.19. The Balaban J connectivity index is 2.16.